The molecule has 0 N–H and O–H groups in total. The second-order valence-corrected chi connectivity index (χ2v) is 4.40. The van der Waals surface area contributed by atoms with Crippen LogP contribution in [0.25, 0.3) is 0 Å². The normalized spacial score (nSPS) is 44.2. The lowest BCUT2D eigenvalue weighted by Gasteiger charge is -2.18. The summed E-state index contributed by atoms with van der Waals surface area (Å²) in [6, 6.07) is 0.590. The molecule has 0 amide bonds. The van der Waals surface area contributed by atoms with E-state index in [2.05, 4.69) is 17.9 Å². The van der Waals surface area contributed by atoms with Gasteiger partial charge >= 0.3 is 0 Å². The van der Waals surface area contributed by atoms with E-state index in [1.54, 1.807) is 6.08 Å². The van der Waals surface area contributed by atoms with Gasteiger partial charge in [-0.05, 0) is 18.9 Å². The molecule has 1 aliphatic heterocycles. The zero-order chi connectivity index (χ0) is 9.64. The number of hydrogen-bond acceptors (Lipinski definition) is 2. The van der Waals surface area contributed by atoms with Crippen LogP contribution in [0.4, 0.5) is 0 Å². The molecule has 0 radical (unpaired) electrons. The Kier molecular flexibility index (Phi) is 1.62. The van der Waals surface area contributed by atoms with Crippen molar-refractivity contribution in [2.75, 3.05) is 7.05 Å². The molecule has 0 aromatic heterocycles. The zero-order valence-electron chi connectivity index (χ0n) is 8.37. The lowest BCUT2D eigenvalue weighted by molar-refractivity contribution is -0.111. The first-order chi connectivity index (χ1) is 6.03. The van der Waals surface area contributed by atoms with E-state index in [9.17, 15) is 4.79 Å². The van der Waals surface area contributed by atoms with Gasteiger partial charge in [0.05, 0.1) is 0 Å². The number of ketones is 1. The molecule has 2 aliphatic rings. The lowest BCUT2D eigenvalue weighted by atomic mass is 10.0. The molecule has 70 valence electrons. The molecular formula is C11H15NO. The second kappa shape index (κ2) is 2.47. The van der Waals surface area contributed by atoms with E-state index in [1.165, 1.54) is 6.42 Å². The largest absolute Gasteiger partial charge is 0.376 e. The van der Waals surface area contributed by atoms with Crippen molar-refractivity contribution in [3.05, 3.63) is 23.9 Å². The van der Waals surface area contributed by atoms with Crippen LogP contribution in [0.1, 0.15) is 20.3 Å². The van der Waals surface area contributed by atoms with Gasteiger partial charge < -0.3 is 4.90 Å². The van der Waals surface area contributed by atoms with Gasteiger partial charge in [0.1, 0.15) is 0 Å². The van der Waals surface area contributed by atoms with E-state index in [0.717, 1.165) is 5.57 Å². The summed E-state index contributed by atoms with van der Waals surface area (Å²) in [5.41, 5.74) is 1.12. The Morgan fingerprint density at radius 3 is 3.00 bits per heavy atom. The number of rotatable bonds is 0. The van der Waals surface area contributed by atoms with Gasteiger partial charge in [0.15, 0.2) is 5.78 Å². The number of carbonyl (C=O) groups is 1. The Labute approximate surface area is 78.9 Å². The van der Waals surface area contributed by atoms with E-state index < -0.39 is 0 Å². The van der Waals surface area contributed by atoms with E-state index >= 15 is 0 Å². The number of allylic oxidation sites excluding steroid dienone is 2. The Balaban J connectivity index is 2.34. The van der Waals surface area contributed by atoms with Gasteiger partial charge in [-0.1, -0.05) is 13.0 Å². The van der Waals surface area contributed by atoms with Crippen molar-refractivity contribution in [3.8, 4) is 0 Å². The molecule has 2 nitrogen and oxygen atoms in total. The van der Waals surface area contributed by atoms with E-state index in [1.807, 2.05) is 20.2 Å². The molecule has 1 fully saturated rings. The number of nitrogens with zero attached hydrogens (tertiary/aromatic N) is 1. The summed E-state index contributed by atoms with van der Waals surface area (Å²) in [7, 11) is 2.04. The number of carbonyl (C=O) groups excluding carboxylic acids is 1. The third-order valence-electron chi connectivity index (χ3n) is 3.12. The topological polar surface area (TPSA) is 20.3 Å². The molecule has 2 heteroatoms. The summed E-state index contributed by atoms with van der Waals surface area (Å²) in [5.74, 6) is 0.137. The van der Waals surface area contributed by atoms with Crippen LogP contribution in [-0.4, -0.2) is 23.8 Å². The minimum Gasteiger partial charge on any atom is -0.376 e. The Hall–Kier alpha value is -1.05. The van der Waals surface area contributed by atoms with Crippen LogP contribution < -0.4 is 0 Å². The Morgan fingerprint density at radius 1 is 1.62 bits per heavy atom. The van der Waals surface area contributed by atoms with Crippen LogP contribution >= 0.6 is 0 Å². The third-order valence-corrected chi connectivity index (χ3v) is 3.12. The second-order valence-electron chi connectivity index (χ2n) is 4.40. The summed E-state index contributed by atoms with van der Waals surface area (Å²) < 4.78 is 0. The molecule has 0 saturated heterocycles. The minimum absolute atomic E-state index is 0.137. The predicted molar refractivity (Wildman–Crippen MR) is 52.2 cm³/mol. The number of fused-ring (bicyclic) bond motifs is 1. The average Bonchev–Trinajstić information content (AvgIpc) is 2.71. The number of hydrogen-bond donors (Lipinski definition) is 0. The van der Waals surface area contributed by atoms with E-state index in [0.29, 0.717) is 6.04 Å². The van der Waals surface area contributed by atoms with Crippen molar-refractivity contribution in [1.82, 2.24) is 4.90 Å². The fourth-order valence-corrected chi connectivity index (χ4v) is 2.11. The molecule has 2 atom stereocenters. The molecule has 2 rings (SSSR count). The molecular weight excluding hydrogens is 162 g/mol. The van der Waals surface area contributed by atoms with Crippen LogP contribution in [0.2, 0.25) is 0 Å². The van der Waals surface area contributed by atoms with Crippen LogP contribution in [-0.2, 0) is 4.79 Å². The first-order valence-corrected chi connectivity index (χ1v) is 4.67. The summed E-state index contributed by atoms with van der Waals surface area (Å²) >= 11 is 0. The molecule has 0 aromatic rings. The van der Waals surface area contributed by atoms with Gasteiger partial charge in [0, 0.05) is 30.8 Å². The highest BCUT2D eigenvalue weighted by molar-refractivity contribution is 6.03. The van der Waals surface area contributed by atoms with Gasteiger partial charge in [-0.3, -0.25) is 4.79 Å². The predicted octanol–water partition coefficient (Wildman–Crippen LogP) is 1.74. The maximum atomic E-state index is 11.4. The highest BCUT2D eigenvalue weighted by Gasteiger charge is 2.50. The monoisotopic (exact) mass is 177 g/mol. The highest BCUT2D eigenvalue weighted by Crippen LogP contribution is 2.51. The molecule has 1 saturated carbocycles. The first-order valence-electron chi connectivity index (χ1n) is 4.67. The van der Waals surface area contributed by atoms with Crippen LogP contribution in [0, 0.1) is 5.41 Å². The first kappa shape index (κ1) is 8.54. The SMILES string of the molecule is C/C1=C/C2(C)CC2N(C)/C=C/C1=O. The molecule has 1 aliphatic carbocycles. The van der Waals surface area contributed by atoms with E-state index in [4.69, 9.17) is 0 Å². The van der Waals surface area contributed by atoms with Gasteiger partial charge in [-0.2, -0.15) is 0 Å². The smallest absolute Gasteiger partial charge is 0.182 e. The standard InChI is InChI=1S/C11H15NO/c1-8-6-11(2)7-10(11)12(3)5-4-9(8)13/h4-6,10H,7H2,1-3H3/b5-4+,8-6-. The lowest BCUT2D eigenvalue weighted by Crippen LogP contribution is -2.21. The Bertz CT molecular complexity index is 316. The minimum atomic E-state index is 0.137. The maximum Gasteiger partial charge on any atom is 0.182 e. The van der Waals surface area contributed by atoms with E-state index in [-0.39, 0.29) is 11.2 Å². The van der Waals surface area contributed by atoms with Gasteiger partial charge in [0.25, 0.3) is 0 Å². The van der Waals surface area contributed by atoms with Crippen LogP contribution in [0.15, 0.2) is 23.9 Å². The molecule has 0 spiro atoms. The van der Waals surface area contributed by atoms with Crippen molar-refractivity contribution in [2.24, 2.45) is 5.41 Å². The molecule has 0 aromatic carbocycles. The van der Waals surface area contributed by atoms with Crippen molar-refractivity contribution in [2.45, 2.75) is 26.3 Å². The van der Waals surface area contributed by atoms with Crippen molar-refractivity contribution < 1.29 is 4.79 Å². The molecule has 0 bridgehead atoms. The maximum absolute atomic E-state index is 11.4. The Morgan fingerprint density at radius 2 is 2.31 bits per heavy atom. The summed E-state index contributed by atoms with van der Waals surface area (Å²) in [6.45, 7) is 4.11. The fraction of sp³-hybridized carbons (Fsp3) is 0.545. The van der Waals surface area contributed by atoms with Crippen molar-refractivity contribution in [1.29, 1.82) is 0 Å². The van der Waals surface area contributed by atoms with Crippen molar-refractivity contribution >= 4 is 5.78 Å². The average molecular weight is 177 g/mol. The van der Waals surface area contributed by atoms with Crippen LogP contribution in [0.5, 0.6) is 0 Å². The van der Waals surface area contributed by atoms with Crippen molar-refractivity contribution in [3.63, 3.8) is 0 Å². The quantitative estimate of drug-likeness (QED) is 0.561. The van der Waals surface area contributed by atoms with Gasteiger partial charge in [-0.25, -0.2) is 0 Å². The molecule has 1 heterocycles. The summed E-state index contributed by atoms with van der Waals surface area (Å²) in [5, 5.41) is 0. The zero-order valence-corrected chi connectivity index (χ0v) is 8.37. The fourth-order valence-electron chi connectivity index (χ4n) is 2.11. The third kappa shape index (κ3) is 1.30. The molecule has 13 heavy (non-hydrogen) atoms. The van der Waals surface area contributed by atoms with Gasteiger partial charge in [0.2, 0.25) is 0 Å². The summed E-state index contributed by atoms with van der Waals surface area (Å²) in [4.78, 5) is 13.6. The van der Waals surface area contributed by atoms with Crippen LogP contribution in [0.3, 0.4) is 0 Å². The highest BCUT2D eigenvalue weighted by atomic mass is 16.1. The summed E-state index contributed by atoms with van der Waals surface area (Å²) in [6.07, 6.45) is 6.84. The van der Waals surface area contributed by atoms with Gasteiger partial charge in [-0.15, -0.1) is 0 Å². The molecule has 2 unspecified atom stereocenters.